The lowest BCUT2D eigenvalue weighted by Crippen LogP contribution is -2.38. The van der Waals surface area contributed by atoms with Crippen LogP contribution < -0.4 is 5.32 Å². The predicted molar refractivity (Wildman–Crippen MR) is 77.0 cm³/mol. The minimum atomic E-state index is 0.140. The molecule has 1 aromatic carbocycles. The van der Waals surface area contributed by atoms with Gasteiger partial charge in [-0.15, -0.1) is 12.6 Å². The van der Waals surface area contributed by atoms with Crippen LogP contribution in [0, 0.1) is 5.92 Å². The summed E-state index contributed by atoms with van der Waals surface area (Å²) in [6.45, 7) is 2.27. The molecule has 2 unspecified atom stereocenters. The number of carbonyl (C=O) groups is 1. The van der Waals surface area contributed by atoms with Crippen LogP contribution in [-0.4, -0.2) is 11.9 Å². The van der Waals surface area contributed by atoms with Crippen LogP contribution in [0.25, 0.3) is 0 Å². The summed E-state index contributed by atoms with van der Waals surface area (Å²) >= 11 is 4.24. The van der Waals surface area contributed by atoms with Crippen molar-refractivity contribution in [3.63, 3.8) is 0 Å². The number of amides is 1. The molecule has 0 heterocycles. The highest BCUT2D eigenvalue weighted by Gasteiger charge is 2.20. The zero-order chi connectivity index (χ0) is 13.0. The van der Waals surface area contributed by atoms with E-state index in [4.69, 9.17) is 0 Å². The van der Waals surface area contributed by atoms with Gasteiger partial charge in [-0.3, -0.25) is 4.79 Å². The fourth-order valence-corrected chi connectivity index (χ4v) is 2.79. The van der Waals surface area contributed by atoms with Crippen molar-refractivity contribution in [2.75, 3.05) is 0 Å². The number of hydrogen-bond acceptors (Lipinski definition) is 2. The Bertz CT molecular complexity index is 401. The first kappa shape index (κ1) is 13.5. The summed E-state index contributed by atoms with van der Waals surface area (Å²) in [4.78, 5) is 12.9. The largest absolute Gasteiger partial charge is 0.353 e. The summed E-state index contributed by atoms with van der Waals surface area (Å²) in [5.41, 5.74) is 1.05. The Morgan fingerprint density at radius 3 is 2.72 bits per heavy atom. The zero-order valence-electron chi connectivity index (χ0n) is 10.9. The Morgan fingerprint density at radius 2 is 2.06 bits per heavy atom. The lowest BCUT2D eigenvalue weighted by atomic mass is 9.87. The average Bonchev–Trinajstić information content (AvgIpc) is 2.32. The second-order valence-electron chi connectivity index (χ2n) is 5.38. The standard InChI is InChI=1S/C15H21NOS/c1-11-3-2-4-13(9-11)16-15(17)10-12-5-7-14(18)8-6-12/h5-8,11,13,18H,2-4,9-10H2,1H3,(H,16,17). The monoisotopic (exact) mass is 263 g/mol. The number of hydrogen-bond donors (Lipinski definition) is 2. The van der Waals surface area contributed by atoms with E-state index in [9.17, 15) is 4.79 Å². The molecular formula is C15H21NOS. The molecule has 0 aliphatic heterocycles. The van der Waals surface area contributed by atoms with Gasteiger partial charge in [-0.2, -0.15) is 0 Å². The summed E-state index contributed by atoms with van der Waals surface area (Å²) in [6.07, 6.45) is 5.27. The fourth-order valence-electron chi connectivity index (χ4n) is 2.64. The van der Waals surface area contributed by atoms with Crippen LogP contribution in [0.5, 0.6) is 0 Å². The molecule has 2 atom stereocenters. The van der Waals surface area contributed by atoms with Crippen molar-refractivity contribution in [3.05, 3.63) is 29.8 Å². The van der Waals surface area contributed by atoms with E-state index in [1.165, 1.54) is 12.8 Å². The summed E-state index contributed by atoms with van der Waals surface area (Å²) in [7, 11) is 0. The van der Waals surface area contributed by atoms with Crippen molar-refractivity contribution < 1.29 is 4.79 Å². The fraction of sp³-hybridized carbons (Fsp3) is 0.533. The van der Waals surface area contributed by atoms with Crippen molar-refractivity contribution in [3.8, 4) is 0 Å². The molecule has 1 saturated carbocycles. The highest BCUT2D eigenvalue weighted by molar-refractivity contribution is 7.80. The van der Waals surface area contributed by atoms with Gasteiger partial charge in [0.1, 0.15) is 0 Å². The van der Waals surface area contributed by atoms with Gasteiger partial charge in [0.15, 0.2) is 0 Å². The molecule has 0 radical (unpaired) electrons. The van der Waals surface area contributed by atoms with Crippen molar-refractivity contribution in [2.24, 2.45) is 5.92 Å². The Balaban J connectivity index is 1.83. The van der Waals surface area contributed by atoms with Gasteiger partial charge < -0.3 is 5.32 Å². The van der Waals surface area contributed by atoms with Crippen LogP contribution in [0.15, 0.2) is 29.2 Å². The minimum absolute atomic E-state index is 0.140. The molecule has 0 bridgehead atoms. The lowest BCUT2D eigenvalue weighted by molar-refractivity contribution is -0.121. The zero-order valence-corrected chi connectivity index (χ0v) is 11.7. The normalized spacial score (nSPS) is 23.7. The summed E-state index contributed by atoms with van der Waals surface area (Å²) in [6, 6.07) is 8.16. The van der Waals surface area contributed by atoms with Gasteiger partial charge in [-0.1, -0.05) is 31.9 Å². The Morgan fingerprint density at radius 1 is 1.33 bits per heavy atom. The molecule has 2 nitrogen and oxygen atoms in total. The molecule has 3 heteroatoms. The third-order valence-electron chi connectivity index (χ3n) is 3.60. The molecule has 1 aromatic rings. The second kappa shape index (κ2) is 6.28. The molecule has 18 heavy (non-hydrogen) atoms. The molecule has 1 N–H and O–H groups in total. The quantitative estimate of drug-likeness (QED) is 0.806. The maximum absolute atomic E-state index is 11.9. The highest BCUT2D eigenvalue weighted by atomic mass is 32.1. The maximum Gasteiger partial charge on any atom is 0.224 e. The molecule has 98 valence electrons. The molecule has 0 aromatic heterocycles. The van der Waals surface area contributed by atoms with Gasteiger partial charge >= 0.3 is 0 Å². The molecule has 1 aliphatic carbocycles. The van der Waals surface area contributed by atoms with E-state index in [0.717, 1.165) is 29.2 Å². The Hall–Kier alpha value is -0.960. The van der Waals surface area contributed by atoms with E-state index in [0.29, 0.717) is 12.5 Å². The van der Waals surface area contributed by atoms with Crippen molar-refractivity contribution in [2.45, 2.75) is 50.0 Å². The van der Waals surface area contributed by atoms with E-state index < -0.39 is 0 Å². The van der Waals surface area contributed by atoms with Crippen LogP contribution in [-0.2, 0) is 11.2 Å². The van der Waals surface area contributed by atoms with E-state index in [1.807, 2.05) is 24.3 Å². The van der Waals surface area contributed by atoms with E-state index >= 15 is 0 Å². The number of benzene rings is 1. The van der Waals surface area contributed by atoms with Crippen LogP contribution in [0.1, 0.15) is 38.2 Å². The van der Waals surface area contributed by atoms with Crippen LogP contribution in [0.2, 0.25) is 0 Å². The lowest BCUT2D eigenvalue weighted by Gasteiger charge is -2.27. The summed E-state index contributed by atoms with van der Waals surface area (Å²) in [5, 5.41) is 3.15. The molecule has 2 rings (SSSR count). The topological polar surface area (TPSA) is 29.1 Å². The third kappa shape index (κ3) is 4.05. The average molecular weight is 263 g/mol. The molecule has 1 fully saturated rings. The van der Waals surface area contributed by atoms with Gasteiger partial charge in [0.2, 0.25) is 5.91 Å². The van der Waals surface area contributed by atoms with Crippen LogP contribution in [0.3, 0.4) is 0 Å². The number of thiol groups is 1. The maximum atomic E-state index is 11.9. The molecule has 0 saturated heterocycles. The Labute approximate surface area is 115 Å². The van der Waals surface area contributed by atoms with Crippen molar-refractivity contribution in [1.82, 2.24) is 5.32 Å². The van der Waals surface area contributed by atoms with E-state index in [2.05, 4.69) is 24.9 Å². The number of carbonyl (C=O) groups excluding carboxylic acids is 1. The SMILES string of the molecule is CC1CCCC(NC(=O)Cc2ccc(S)cc2)C1. The van der Waals surface area contributed by atoms with Gasteiger partial charge in [-0.25, -0.2) is 0 Å². The highest BCUT2D eigenvalue weighted by Crippen LogP contribution is 2.23. The summed E-state index contributed by atoms with van der Waals surface area (Å²) < 4.78 is 0. The van der Waals surface area contributed by atoms with Crippen LogP contribution in [0.4, 0.5) is 0 Å². The molecule has 1 amide bonds. The van der Waals surface area contributed by atoms with E-state index in [-0.39, 0.29) is 5.91 Å². The number of rotatable bonds is 3. The smallest absolute Gasteiger partial charge is 0.224 e. The van der Waals surface area contributed by atoms with E-state index in [1.54, 1.807) is 0 Å². The first-order chi connectivity index (χ1) is 8.63. The third-order valence-corrected chi connectivity index (χ3v) is 3.90. The van der Waals surface area contributed by atoms with Crippen LogP contribution >= 0.6 is 12.6 Å². The molecular weight excluding hydrogens is 242 g/mol. The first-order valence-electron chi connectivity index (χ1n) is 6.71. The summed E-state index contributed by atoms with van der Waals surface area (Å²) in [5.74, 6) is 0.883. The first-order valence-corrected chi connectivity index (χ1v) is 7.15. The number of nitrogens with one attached hydrogen (secondary N) is 1. The second-order valence-corrected chi connectivity index (χ2v) is 5.90. The van der Waals surface area contributed by atoms with Gasteiger partial charge in [-0.05, 0) is 36.5 Å². The van der Waals surface area contributed by atoms with Crippen molar-refractivity contribution >= 4 is 18.5 Å². The molecule has 1 aliphatic rings. The Kier molecular flexibility index (Phi) is 4.70. The van der Waals surface area contributed by atoms with Crippen molar-refractivity contribution in [1.29, 1.82) is 0 Å². The molecule has 0 spiro atoms. The van der Waals surface area contributed by atoms with Gasteiger partial charge in [0.25, 0.3) is 0 Å². The van der Waals surface area contributed by atoms with Gasteiger partial charge in [0, 0.05) is 10.9 Å². The predicted octanol–water partition coefficient (Wildman–Crippen LogP) is 3.21. The van der Waals surface area contributed by atoms with Gasteiger partial charge in [0.05, 0.1) is 6.42 Å². The minimum Gasteiger partial charge on any atom is -0.353 e.